The molecule has 0 saturated heterocycles. The van der Waals surface area contributed by atoms with Crippen LogP contribution in [0, 0.1) is 12.3 Å². The molecule has 0 heterocycles. The van der Waals surface area contributed by atoms with Crippen LogP contribution in [0.3, 0.4) is 0 Å². The van der Waals surface area contributed by atoms with Crippen molar-refractivity contribution in [2.75, 3.05) is 18.5 Å². The molecule has 0 radical (unpaired) electrons. The van der Waals surface area contributed by atoms with Crippen LogP contribution in [0.2, 0.25) is 0 Å². The second-order valence-corrected chi connectivity index (χ2v) is 6.32. The van der Waals surface area contributed by atoms with Gasteiger partial charge in [-0.2, -0.15) is 0 Å². The molecule has 1 aromatic rings. The van der Waals surface area contributed by atoms with Crippen LogP contribution >= 0.6 is 15.9 Å². The summed E-state index contributed by atoms with van der Waals surface area (Å²) in [6.45, 7) is 6.60. The highest BCUT2D eigenvalue weighted by molar-refractivity contribution is 9.10. The highest BCUT2D eigenvalue weighted by atomic mass is 79.9. The summed E-state index contributed by atoms with van der Waals surface area (Å²) in [5.41, 5.74) is 1.68. The van der Waals surface area contributed by atoms with E-state index in [1.807, 2.05) is 39.0 Å². The number of aliphatic hydroxyl groups is 1. The van der Waals surface area contributed by atoms with Crippen molar-refractivity contribution in [3.63, 3.8) is 0 Å². The first-order valence-electron chi connectivity index (χ1n) is 6.26. The molecular weight excluding hydrogens is 308 g/mol. The smallest absolute Gasteiger partial charge is 0.319 e. The number of hydrogen-bond donors (Lipinski definition) is 3. The van der Waals surface area contributed by atoms with Crippen LogP contribution < -0.4 is 10.6 Å². The van der Waals surface area contributed by atoms with Crippen molar-refractivity contribution in [2.24, 2.45) is 5.41 Å². The minimum Gasteiger partial charge on any atom is -0.396 e. The van der Waals surface area contributed by atoms with Crippen molar-refractivity contribution in [2.45, 2.75) is 27.2 Å². The van der Waals surface area contributed by atoms with E-state index in [9.17, 15) is 4.79 Å². The number of aliphatic hydroxyl groups excluding tert-OH is 1. The summed E-state index contributed by atoms with van der Waals surface area (Å²) in [6, 6.07) is 5.51. The zero-order valence-electron chi connectivity index (χ0n) is 11.6. The summed E-state index contributed by atoms with van der Waals surface area (Å²) in [6.07, 6.45) is 0.656. The number of aryl methyl sites for hydroxylation is 1. The van der Waals surface area contributed by atoms with Crippen LogP contribution in [0.1, 0.15) is 25.8 Å². The second kappa shape index (κ2) is 6.91. The van der Waals surface area contributed by atoms with Gasteiger partial charge in [-0.15, -0.1) is 0 Å². The molecule has 2 amide bonds. The van der Waals surface area contributed by atoms with Crippen molar-refractivity contribution in [1.82, 2.24) is 5.32 Å². The molecule has 1 rings (SSSR count). The number of hydrogen-bond acceptors (Lipinski definition) is 2. The zero-order valence-corrected chi connectivity index (χ0v) is 13.2. The molecule has 0 aliphatic rings. The zero-order chi connectivity index (χ0) is 14.5. The minimum absolute atomic E-state index is 0.113. The lowest BCUT2D eigenvalue weighted by atomic mass is 9.90. The Kier molecular flexibility index (Phi) is 5.82. The third kappa shape index (κ3) is 5.61. The molecule has 0 aliphatic heterocycles. The van der Waals surface area contributed by atoms with Crippen LogP contribution in [0.5, 0.6) is 0 Å². The highest BCUT2D eigenvalue weighted by Gasteiger charge is 2.18. The molecule has 0 spiro atoms. The van der Waals surface area contributed by atoms with Crippen molar-refractivity contribution in [1.29, 1.82) is 0 Å². The van der Waals surface area contributed by atoms with E-state index >= 15 is 0 Å². The minimum atomic E-state index is -0.229. The van der Waals surface area contributed by atoms with Gasteiger partial charge in [0.2, 0.25) is 0 Å². The molecule has 0 atom stereocenters. The standard InChI is InChI=1S/C14H21BrN2O2/c1-10-4-5-11(15)8-12(10)17-13(19)16-9-14(2,3)6-7-18/h4-5,8,18H,6-7,9H2,1-3H3,(H2,16,17,19). The fraction of sp³-hybridized carbons (Fsp3) is 0.500. The van der Waals surface area contributed by atoms with E-state index in [0.717, 1.165) is 15.7 Å². The molecule has 1 aromatic carbocycles. The predicted molar refractivity (Wildman–Crippen MR) is 81.4 cm³/mol. The van der Waals surface area contributed by atoms with E-state index in [-0.39, 0.29) is 18.1 Å². The Morgan fingerprint density at radius 3 is 2.74 bits per heavy atom. The summed E-state index contributed by atoms with van der Waals surface area (Å²) >= 11 is 3.38. The maximum atomic E-state index is 11.8. The Bertz CT molecular complexity index is 447. The Morgan fingerprint density at radius 2 is 2.11 bits per heavy atom. The van der Waals surface area contributed by atoms with Gasteiger partial charge in [0.25, 0.3) is 0 Å². The third-order valence-corrected chi connectivity index (χ3v) is 3.46. The molecule has 4 nitrogen and oxygen atoms in total. The first-order chi connectivity index (χ1) is 8.84. The lowest BCUT2D eigenvalue weighted by molar-refractivity contribution is 0.204. The fourth-order valence-electron chi connectivity index (χ4n) is 1.61. The molecular formula is C14H21BrN2O2. The average Bonchev–Trinajstić information content (AvgIpc) is 2.31. The molecule has 0 unspecified atom stereocenters. The number of nitrogens with one attached hydrogen (secondary N) is 2. The normalized spacial score (nSPS) is 11.2. The van der Waals surface area contributed by atoms with E-state index in [1.165, 1.54) is 0 Å². The van der Waals surface area contributed by atoms with Gasteiger partial charge >= 0.3 is 6.03 Å². The van der Waals surface area contributed by atoms with Crippen LogP contribution in [0.15, 0.2) is 22.7 Å². The molecule has 0 aliphatic carbocycles. The van der Waals surface area contributed by atoms with Crippen LogP contribution in [0.4, 0.5) is 10.5 Å². The highest BCUT2D eigenvalue weighted by Crippen LogP contribution is 2.21. The van der Waals surface area contributed by atoms with Crippen LogP contribution in [0.25, 0.3) is 0 Å². The number of halogens is 1. The van der Waals surface area contributed by atoms with Crippen molar-refractivity contribution < 1.29 is 9.90 Å². The number of amides is 2. The van der Waals surface area contributed by atoms with E-state index < -0.39 is 0 Å². The van der Waals surface area contributed by atoms with E-state index in [0.29, 0.717) is 13.0 Å². The fourth-order valence-corrected chi connectivity index (χ4v) is 1.97. The van der Waals surface area contributed by atoms with Gasteiger partial charge < -0.3 is 15.7 Å². The largest absolute Gasteiger partial charge is 0.396 e. The monoisotopic (exact) mass is 328 g/mol. The molecule has 0 saturated carbocycles. The first kappa shape index (κ1) is 16.0. The van der Waals surface area contributed by atoms with Gasteiger partial charge in [-0.3, -0.25) is 0 Å². The summed E-state index contributed by atoms with van der Waals surface area (Å²) < 4.78 is 0.925. The van der Waals surface area contributed by atoms with Gasteiger partial charge in [0.15, 0.2) is 0 Å². The topological polar surface area (TPSA) is 61.4 Å². The number of anilines is 1. The number of urea groups is 1. The average molecular weight is 329 g/mol. The van der Waals surface area contributed by atoms with Gasteiger partial charge in [-0.25, -0.2) is 4.79 Å². The molecule has 0 bridgehead atoms. The Balaban J connectivity index is 2.54. The lowest BCUT2D eigenvalue weighted by Gasteiger charge is -2.24. The predicted octanol–water partition coefficient (Wildman–Crippen LogP) is 3.29. The van der Waals surface area contributed by atoms with Crippen LogP contribution in [-0.2, 0) is 0 Å². The van der Waals surface area contributed by atoms with Gasteiger partial charge in [-0.1, -0.05) is 35.8 Å². The quantitative estimate of drug-likeness (QED) is 0.776. The third-order valence-electron chi connectivity index (χ3n) is 2.96. The first-order valence-corrected chi connectivity index (χ1v) is 7.05. The molecule has 3 N–H and O–H groups in total. The number of carbonyl (C=O) groups is 1. The second-order valence-electron chi connectivity index (χ2n) is 5.40. The maximum Gasteiger partial charge on any atom is 0.319 e. The Labute approximate surface area is 122 Å². The molecule has 19 heavy (non-hydrogen) atoms. The van der Waals surface area contributed by atoms with Gasteiger partial charge in [-0.05, 0) is 36.5 Å². The van der Waals surface area contributed by atoms with Crippen LogP contribution in [-0.4, -0.2) is 24.3 Å². The summed E-state index contributed by atoms with van der Waals surface area (Å²) in [5, 5.41) is 14.6. The lowest BCUT2D eigenvalue weighted by Crippen LogP contribution is -2.37. The van der Waals surface area contributed by atoms with Crippen molar-refractivity contribution in [3.8, 4) is 0 Å². The molecule has 106 valence electrons. The number of benzene rings is 1. The maximum absolute atomic E-state index is 11.8. The van der Waals surface area contributed by atoms with E-state index in [1.54, 1.807) is 0 Å². The summed E-state index contributed by atoms with van der Waals surface area (Å²) in [7, 11) is 0. The molecule has 0 aromatic heterocycles. The van der Waals surface area contributed by atoms with Crippen molar-refractivity contribution >= 4 is 27.6 Å². The van der Waals surface area contributed by atoms with E-state index in [4.69, 9.17) is 5.11 Å². The Hall–Kier alpha value is -1.07. The van der Waals surface area contributed by atoms with Gasteiger partial charge in [0.05, 0.1) is 0 Å². The van der Waals surface area contributed by atoms with Crippen molar-refractivity contribution in [3.05, 3.63) is 28.2 Å². The SMILES string of the molecule is Cc1ccc(Br)cc1NC(=O)NCC(C)(C)CCO. The Morgan fingerprint density at radius 1 is 1.42 bits per heavy atom. The van der Waals surface area contributed by atoms with Gasteiger partial charge in [0, 0.05) is 23.3 Å². The van der Waals surface area contributed by atoms with E-state index in [2.05, 4.69) is 26.6 Å². The molecule has 0 fully saturated rings. The molecule has 5 heteroatoms. The number of rotatable bonds is 5. The number of carbonyl (C=O) groups excluding carboxylic acids is 1. The summed E-state index contributed by atoms with van der Waals surface area (Å²) in [5.74, 6) is 0. The summed E-state index contributed by atoms with van der Waals surface area (Å²) in [4.78, 5) is 11.8. The van der Waals surface area contributed by atoms with Gasteiger partial charge in [0.1, 0.15) is 0 Å².